The number of anilines is 1. The van der Waals surface area contributed by atoms with Gasteiger partial charge in [-0.05, 0) is 66.4 Å². The summed E-state index contributed by atoms with van der Waals surface area (Å²) in [5, 5.41) is 10.3. The SMILES string of the molecule is O=C(O)c1cccc(N=C2S/C(=C/c3ccc(-c4cccc(Cl)c4)o3)C(=O)N2c2ccccc2)c1. The van der Waals surface area contributed by atoms with Crippen LogP contribution in [0.25, 0.3) is 17.4 Å². The van der Waals surface area contributed by atoms with Crippen LogP contribution in [-0.2, 0) is 4.79 Å². The number of furan rings is 1. The van der Waals surface area contributed by atoms with Crippen molar-refractivity contribution in [3.8, 4) is 11.3 Å². The molecule has 0 bridgehead atoms. The summed E-state index contributed by atoms with van der Waals surface area (Å²) in [5.74, 6) is -0.155. The molecule has 0 radical (unpaired) electrons. The summed E-state index contributed by atoms with van der Waals surface area (Å²) in [5.41, 5.74) is 2.04. The fraction of sp³-hybridized carbons (Fsp3) is 0. The summed E-state index contributed by atoms with van der Waals surface area (Å²) in [6.07, 6.45) is 1.67. The second kappa shape index (κ2) is 9.66. The smallest absolute Gasteiger partial charge is 0.335 e. The molecule has 1 fully saturated rings. The Labute approximate surface area is 210 Å². The zero-order valence-corrected chi connectivity index (χ0v) is 19.7. The first-order valence-corrected chi connectivity index (χ1v) is 11.7. The number of amidine groups is 1. The summed E-state index contributed by atoms with van der Waals surface area (Å²) in [6, 6.07) is 26.4. The molecule has 2 heterocycles. The number of aromatic carboxylic acids is 1. The highest BCUT2D eigenvalue weighted by molar-refractivity contribution is 8.19. The minimum Gasteiger partial charge on any atom is -0.478 e. The van der Waals surface area contributed by atoms with Crippen molar-refractivity contribution in [1.82, 2.24) is 0 Å². The predicted molar refractivity (Wildman–Crippen MR) is 139 cm³/mol. The maximum absolute atomic E-state index is 13.4. The fourth-order valence-corrected chi connectivity index (χ4v) is 4.70. The van der Waals surface area contributed by atoms with Gasteiger partial charge < -0.3 is 9.52 Å². The van der Waals surface area contributed by atoms with E-state index in [9.17, 15) is 14.7 Å². The summed E-state index contributed by atoms with van der Waals surface area (Å²) in [6.45, 7) is 0. The first kappa shape index (κ1) is 22.7. The molecular formula is C27H17ClN2O4S. The third-order valence-electron chi connectivity index (χ3n) is 5.15. The molecule has 0 atom stereocenters. The molecule has 0 spiro atoms. The number of amides is 1. The van der Waals surface area contributed by atoms with Crippen molar-refractivity contribution in [3.63, 3.8) is 0 Å². The molecular weight excluding hydrogens is 484 g/mol. The van der Waals surface area contributed by atoms with Crippen molar-refractivity contribution in [1.29, 1.82) is 0 Å². The van der Waals surface area contributed by atoms with Gasteiger partial charge in [0.25, 0.3) is 5.91 Å². The molecule has 1 aliphatic heterocycles. The maximum Gasteiger partial charge on any atom is 0.335 e. The molecule has 0 unspecified atom stereocenters. The van der Waals surface area contributed by atoms with Crippen LogP contribution in [0, 0.1) is 0 Å². The van der Waals surface area contributed by atoms with Crippen LogP contribution in [0.5, 0.6) is 0 Å². The molecule has 5 rings (SSSR count). The number of rotatable bonds is 5. The Balaban J connectivity index is 1.52. The first-order chi connectivity index (χ1) is 17.0. The Morgan fingerprint density at radius 1 is 0.971 bits per heavy atom. The van der Waals surface area contributed by atoms with Gasteiger partial charge in [-0.1, -0.05) is 48.0 Å². The molecule has 0 saturated carbocycles. The average Bonchev–Trinajstić information content (AvgIpc) is 3.44. The number of halogens is 1. The van der Waals surface area contributed by atoms with Gasteiger partial charge >= 0.3 is 5.97 Å². The highest BCUT2D eigenvalue weighted by Gasteiger charge is 2.35. The number of carboxylic acid groups (broad SMARTS) is 1. The second-order valence-electron chi connectivity index (χ2n) is 7.55. The standard InChI is InChI=1S/C27H17ClN2O4S/c28-19-8-4-6-17(14-19)23-13-12-22(34-23)16-24-25(31)30(21-10-2-1-3-11-21)27(35-24)29-20-9-5-7-18(15-20)26(32)33/h1-16H,(H,32,33)/b24-16+,29-27?. The van der Waals surface area contributed by atoms with Crippen molar-refractivity contribution in [2.45, 2.75) is 0 Å². The Morgan fingerprint density at radius 2 is 1.77 bits per heavy atom. The molecule has 4 aromatic rings. The lowest BCUT2D eigenvalue weighted by Gasteiger charge is -2.15. The van der Waals surface area contributed by atoms with Gasteiger partial charge in [-0.15, -0.1) is 0 Å². The van der Waals surface area contributed by atoms with Gasteiger partial charge in [-0.3, -0.25) is 9.69 Å². The number of hydrogen-bond donors (Lipinski definition) is 1. The van der Waals surface area contributed by atoms with Gasteiger partial charge in [0.05, 0.1) is 21.8 Å². The Hall–Kier alpha value is -4.07. The molecule has 1 aromatic heterocycles. The zero-order valence-electron chi connectivity index (χ0n) is 18.1. The van der Waals surface area contributed by atoms with E-state index in [-0.39, 0.29) is 11.5 Å². The monoisotopic (exact) mass is 500 g/mol. The van der Waals surface area contributed by atoms with Gasteiger partial charge in [-0.25, -0.2) is 9.79 Å². The van der Waals surface area contributed by atoms with Gasteiger partial charge in [-0.2, -0.15) is 0 Å². The van der Waals surface area contributed by atoms with Crippen molar-refractivity contribution >= 4 is 57.9 Å². The molecule has 172 valence electrons. The lowest BCUT2D eigenvalue weighted by atomic mass is 10.2. The molecule has 1 aliphatic rings. The number of benzene rings is 3. The molecule has 3 aromatic carbocycles. The summed E-state index contributed by atoms with van der Waals surface area (Å²) < 4.78 is 5.95. The summed E-state index contributed by atoms with van der Waals surface area (Å²) >= 11 is 7.28. The van der Waals surface area contributed by atoms with Crippen molar-refractivity contribution in [2.24, 2.45) is 4.99 Å². The van der Waals surface area contributed by atoms with Crippen LogP contribution < -0.4 is 4.90 Å². The fourth-order valence-electron chi connectivity index (χ4n) is 3.53. The van der Waals surface area contributed by atoms with Gasteiger partial charge in [0.15, 0.2) is 5.17 Å². The predicted octanol–water partition coefficient (Wildman–Crippen LogP) is 7.11. The largest absolute Gasteiger partial charge is 0.478 e. The van der Waals surface area contributed by atoms with E-state index >= 15 is 0 Å². The van der Waals surface area contributed by atoms with Crippen LogP contribution in [0.3, 0.4) is 0 Å². The van der Waals surface area contributed by atoms with Crippen LogP contribution in [-0.4, -0.2) is 22.2 Å². The van der Waals surface area contributed by atoms with Gasteiger partial charge in [0, 0.05) is 16.7 Å². The first-order valence-electron chi connectivity index (χ1n) is 10.5. The number of carboxylic acids is 1. The van der Waals surface area contributed by atoms with E-state index in [0.717, 1.165) is 5.56 Å². The number of thioether (sulfide) groups is 1. The van der Waals surface area contributed by atoms with Gasteiger partial charge in [0.1, 0.15) is 11.5 Å². The van der Waals surface area contributed by atoms with Crippen molar-refractivity contribution in [2.75, 3.05) is 4.90 Å². The number of hydrogen-bond acceptors (Lipinski definition) is 5. The third kappa shape index (κ3) is 4.91. The maximum atomic E-state index is 13.4. The zero-order chi connectivity index (χ0) is 24.4. The second-order valence-corrected chi connectivity index (χ2v) is 8.99. The number of nitrogens with zero attached hydrogens (tertiary/aromatic N) is 2. The lowest BCUT2D eigenvalue weighted by molar-refractivity contribution is -0.113. The third-order valence-corrected chi connectivity index (χ3v) is 6.35. The summed E-state index contributed by atoms with van der Waals surface area (Å²) in [4.78, 5) is 31.3. The summed E-state index contributed by atoms with van der Waals surface area (Å²) in [7, 11) is 0. The van der Waals surface area contributed by atoms with Gasteiger partial charge in [0.2, 0.25) is 0 Å². The van der Waals surface area contributed by atoms with Crippen LogP contribution in [0.1, 0.15) is 16.1 Å². The molecule has 0 aliphatic carbocycles. The number of carbonyl (C=O) groups excluding carboxylic acids is 1. The van der Waals surface area contributed by atoms with Crippen molar-refractivity contribution in [3.05, 3.63) is 112 Å². The topological polar surface area (TPSA) is 83.1 Å². The Bertz CT molecular complexity index is 1490. The van der Waals surface area contributed by atoms with Crippen LogP contribution in [0.15, 0.2) is 105 Å². The molecule has 8 heteroatoms. The van der Waals surface area contributed by atoms with E-state index in [1.165, 1.54) is 28.8 Å². The minimum absolute atomic E-state index is 0.118. The molecule has 1 amide bonds. The lowest BCUT2D eigenvalue weighted by Crippen LogP contribution is -2.28. The molecule has 1 saturated heterocycles. The van der Waals surface area contributed by atoms with Crippen molar-refractivity contribution < 1.29 is 19.1 Å². The van der Waals surface area contributed by atoms with Crippen LogP contribution >= 0.6 is 23.4 Å². The Morgan fingerprint density at radius 3 is 2.54 bits per heavy atom. The quantitative estimate of drug-likeness (QED) is 0.295. The molecule has 35 heavy (non-hydrogen) atoms. The minimum atomic E-state index is -1.05. The number of aliphatic imine (C=N–C) groups is 1. The van der Waals surface area contributed by atoms with E-state index in [0.29, 0.717) is 38.0 Å². The normalized spacial score (nSPS) is 15.8. The van der Waals surface area contributed by atoms with E-state index in [1.54, 1.807) is 36.4 Å². The van der Waals surface area contributed by atoms with E-state index in [1.807, 2.05) is 48.5 Å². The highest BCUT2D eigenvalue weighted by atomic mass is 35.5. The molecule has 1 N–H and O–H groups in total. The number of carbonyl (C=O) groups is 2. The average molecular weight is 501 g/mol. The highest BCUT2D eigenvalue weighted by Crippen LogP contribution is 2.38. The van der Waals surface area contributed by atoms with E-state index in [2.05, 4.69) is 4.99 Å². The molecule has 6 nitrogen and oxygen atoms in total. The number of para-hydroxylation sites is 1. The van der Waals surface area contributed by atoms with E-state index < -0.39 is 5.97 Å². The van der Waals surface area contributed by atoms with E-state index in [4.69, 9.17) is 16.0 Å². The van der Waals surface area contributed by atoms with Crippen LogP contribution in [0.2, 0.25) is 5.02 Å². The Kier molecular flexibility index (Phi) is 6.27. The van der Waals surface area contributed by atoms with Crippen LogP contribution in [0.4, 0.5) is 11.4 Å².